The summed E-state index contributed by atoms with van der Waals surface area (Å²) in [5.41, 5.74) is -3.45. The number of halogens is 6. The van der Waals surface area contributed by atoms with Gasteiger partial charge in [-0.25, -0.2) is 0 Å². The van der Waals surface area contributed by atoms with Gasteiger partial charge in [0.15, 0.2) is 11.5 Å². The van der Waals surface area contributed by atoms with Crippen LogP contribution >= 0.6 is 0 Å². The average Bonchev–Trinajstić information content (AvgIpc) is 2.53. The van der Waals surface area contributed by atoms with Crippen LogP contribution in [0.2, 0.25) is 0 Å². The molecule has 0 aromatic heterocycles. The number of phenolic OH excluding ortho intramolecular Hbond substituents is 2. The summed E-state index contributed by atoms with van der Waals surface area (Å²) in [6.45, 7) is 1.77. The first-order chi connectivity index (χ1) is 11.9. The highest BCUT2D eigenvalue weighted by molar-refractivity contribution is 5.74. The fraction of sp³-hybridized carbons (Fsp3) is 0.333. The van der Waals surface area contributed by atoms with Gasteiger partial charge in [-0.2, -0.15) is 26.3 Å². The summed E-state index contributed by atoms with van der Waals surface area (Å²) in [6, 6.07) is 3.82. The number of benzene rings is 2. The molecule has 0 amide bonds. The zero-order valence-corrected chi connectivity index (χ0v) is 13.7. The van der Waals surface area contributed by atoms with Crippen LogP contribution in [-0.2, 0) is 18.8 Å². The summed E-state index contributed by atoms with van der Waals surface area (Å²) in [6.07, 6.45) is -8.95. The van der Waals surface area contributed by atoms with E-state index in [1.165, 1.54) is 0 Å². The van der Waals surface area contributed by atoms with Crippen LogP contribution in [0.25, 0.3) is 11.1 Å². The second kappa shape index (κ2) is 7.09. The molecule has 0 atom stereocenters. The average molecular weight is 378 g/mol. The number of rotatable bonds is 4. The largest absolute Gasteiger partial charge is 0.504 e. The van der Waals surface area contributed by atoms with Gasteiger partial charge in [0.1, 0.15) is 0 Å². The molecule has 8 heteroatoms. The van der Waals surface area contributed by atoms with Crippen molar-refractivity contribution in [2.45, 2.75) is 38.5 Å². The number of alkyl halides is 6. The number of aryl methyl sites for hydroxylation is 1. The number of unbranched alkanes of at least 4 members (excludes halogenated alkanes) is 1. The Labute approximate surface area is 145 Å². The van der Waals surface area contributed by atoms with Crippen LogP contribution in [-0.4, -0.2) is 10.2 Å². The van der Waals surface area contributed by atoms with Crippen LogP contribution in [0.5, 0.6) is 11.5 Å². The molecule has 26 heavy (non-hydrogen) atoms. The molecular formula is C18H16F6O2. The summed E-state index contributed by atoms with van der Waals surface area (Å²) >= 11 is 0. The SMILES string of the molecule is CCCCc1cc(C(F)(F)F)cc(C(F)(F)F)c1-c1ccc(O)c(O)c1. The van der Waals surface area contributed by atoms with E-state index in [4.69, 9.17) is 0 Å². The number of hydrogen-bond donors (Lipinski definition) is 2. The minimum Gasteiger partial charge on any atom is -0.504 e. The Balaban J connectivity index is 2.82. The second-order valence-electron chi connectivity index (χ2n) is 5.86. The maximum Gasteiger partial charge on any atom is 0.417 e. The van der Waals surface area contributed by atoms with Crippen molar-refractivity contribution in [1.29, 1.82) is 0 Å². The van der Waals surface area contributed by atoms with Gasteiger partial charge in [0, 0.05) is 0 Å². The summed E-state index contributed by atoms with van der Waals surface area (Å²) in [5.74, 6) is -1.19. The summed E-state index contributed by atoms with van der Waals surface area (Å²) in [5, 5.41) is 19.0. The van der Waals surface area contributed by atoms with Crippen molar-refractivity contribution < 1.29 is 36.6 Å². The van der Waals surface area contributed by atoms with Crippen molar-refractivity contribution >= 4 is 0 Å². The van der Waals surface area contributed by atoms with Crippen molar-refractivity contribution in [3.8, 4) is 22.6 Å². The molecule has 0 unspecified atom stereocenters. The Morgan fingerprint density at radius 3 is 2.00 bits per heavy atom. The highest BCUT2D eigenvalue weighted by Crippen LogP contribution is 2.44. The Bertz CT molecular complexity index is 793. The highest BCUT2D eigenvalue weighted by Gasteiger charge is 2.39. The molecule has 0 saturated carbocycles. The molecule has 2 aromatic rings. The third-order valence-corrected chi connectivity index (χ3v) is 3.92. The Hall–Kier alpha value is -2.38. The van der Waals surface area contributed by atoms with E-state index >= 15 is 0 Å². The van der Waals surface area contributed by atoms with Crippen LogP contribution in [0, 0.1) is 0 Å². The van der Waals surface area contributed by atoms with Gasteiger partial charge in [0.2, 0.25) is 0 Å². The molecule has 0 saturated heterocycles. The van der Waals surface area contributed by atoms with E-state index in [2.05, 4.69) is 0 Å². The highest BCUT2D eigenvalue weighted by atomic mass is 19.4. The van der Waals surface area contributed by atoms with Crippen molar-refractivity contribution in [2.24, 2.45) is 0 Å². The van der Waals surface area contributed by atoms with E-state index in [9.17, 15) is 36.6 Å². The maximum absolute atomic E-state index is 13.5. The molecule has 0 fully saturated rings. The summed E-state index contributed by atoms with van der Waals surface area (Å²) < 4.78 is 79.7. The zero-order chi connectivity index (χ0) is 19.7. The molecule has 0 heterocycles. The Morgan fingerprint density at radius 2 is 1.50 bits per heavy atom. The molecule has 2 nitrogen and oxygen atoms in total. The van der Waals surface area contributed by atoms with Crippen LogP contribution < -0.4 is 0 Å². The van der Waals surface area contributed by atoms with Crippen molar-refractivity contribution in [1.82, 2.24) is 0 Å². The third kappa shape index (κ3) is 4.23. The molecule has 0 aliphatic heterocycles. The molecule has 0 spiro atoms. The lowest BCUT2D eigenvalue weighted by molar-refractivity contribution is -0.142. The van der Waals surface area contributed by atoms with Gasteiger partial charge in [-0.3, -0.25) is 0 Å². The first-order valence-electron chi connectivity index (χ1n) is 7.78. The quantitative estimate of drug-likeness (QED) is 0.495. The number of aromatic hydroxyl groups is 2. The van der Waals surface area contributed by atoms with E-state index in [1.807, 2.05) is 0 Å². The summed E-state index contributed by atoms with van der Waals surface area (Å²) in [4.78, 5) is 0. The Kier molecular flexibility index (Phi) is 5.44. The van der Waals surface area contributed by atoms with Crippen molar-refractivity contribution in [3.05, 3.63) is 47.0 Å². The molecule has 142 valence electrons. The van der Waals surface area contributed by atoms with Gasteiger partial charge >= 0.3 is 12.4 Å². The molecule has 2 N–H and O–H groups in total. The van der Waals surface area contributed by atoms with Gasteiger partial charge < -0.3 is 10.2 Å². The van der Waals surface area contributed by atoms with E-state index in [0.29, 0.717) is 18.9 Å². The van der Waals surface area contributed by atoms with E-state index in [-0.39, 0.29) is 23.6 Å². The lowest BCUT2D eigenvalue weighted by atomic mass is 9.89. The lowest BCUT2D eigenvalue weighted by Gasteiger charge is -2.20. The third-order valence-electron chi connectivity index (χ3n) is 3.92. The normalized spacial score (nSPS) is 12.4. The molecular weight excluding hydrogens is 362 g/mol. The molecule has 2 aromatic carbocycles. The van der Waals surface area contributed by atoms with Crippen molar-refractivity contribution in [3.63, 3.8) is 0 Å². The van der Waals surface area contributed by atoms with E-state index in [0.717, 1.165) is 18.2 Å². The van der Waals surface area contributed by atoms with Crippen molar-refractivity contribution in [2.75, 3.05) is 0 Å². The van der Waals surface area contributed by atoms with Gasteiger partial charge in [-0.1, -0.05) is 19.4 Å². The molecule has 0 bridgehead atoms. The summed E-state index contributed by atoms with van der Waals surface area (Å²) in [7, 11) is 0. The van der Waals surface area contributed by atoms with Gasteiger partial charge in [-0.15, -0.1) is 0 Å². The number of hydrogen-bond acceptors (Lipinski definition) is 2. The first-order valence-corrected chi connectivity index (χ1v) is 7.78. The van der Waals surface area contributed by atoms with Gasteiger partial charge in [-0.05, 0) is 53.8 Å². The fourth-order valence-corrected chi connectivity index (χ4v) is 2.67. The smallest absolute Gasteiger partial charge is 0.417 e. The van der Waals surface area contributed by atoms with Crippen LogP contribution in [0.4, 0.5) is 26.3 Å². The predicted octanol–water partition coefficient (Wildman–Crippen LogP) is 6.15. The monoisotopic (exact) mass is 378 g/mol. The molecule has 2 rings (SSSR count). The standard InChI is InChI=1S/C18H16F6O2/c1-2-3-4-10-7-12(17(19,20)21)9-13(18(22,23)24)16(10)11-5-6-14(25)15(26)8-11/h5-9,25-26H,2-4H2,1H3. The minimum absolute atomic E-state index is 0.0144. The predicted molar refractivity (Wildman–Crippen MR) is 83.8 cm³/mol. The van der Waals surface area contributed by atoms with Crippen LogP contribution in [0.15, 0.2) is 30.3 Å². The fourth-order valence-electron chi connectivity index (χ4n) is 2.67. The van der Waals surface area contributed by atoms with Crippen LogP contribution in [0.3, 0.4) is 0 Å². The van der Waals surface area contributed by atoms with E-state index in [1.54, 1.807) is 6.92 Å². The zero-order valence-electron chi connectivity index (χ0n) is 13.7. The van der Waals surface area contributed by atoms with Gasteiger partial charge in [0.25, 0.3) is 0 Å². The lowest BCUT2D eigenvalue weighted by Crippen LogP contribution is -2.14. The van der Waals surface area contributed by atoms with Crippen LogP contribution in [0.1, 0.15) is 36.5 Å². The first kappa shape index (κ1) is 19.9. The Morgan fingerprint density at radius 1 is 0.846 bits per heavy atom. The topological polar surface area (TPSA) is 40.5 Å². The number of phenols is 2. The second-order valence-corrected chi connectivity index (χ2v) is 5.86. The van der Waals surface area contributed by atoms with E-state index < -0.39 is 40.5 Å². The molecule has 0 aliphatic carbocycles. The molecule has 0 aliphatic rings. The maximum atomic E-state index is 13.5. The van der Waals surface area contributed by atoms with Gasteiger partial charge in [0.05, 0.1) is 11.1 Å². The molecule has 0 radical (unpaired) electrons. The minimum atomic E-state index is -5.02.